The summed E-state index contributed by atoms with van der Waals surface area (Å²) in [4.78, 5) is 12.3. The van der Waals surface area contributed by atoms with Gasteiger partial charge < -0.3 is 14.5 Å². The zero-order valence-corrected chi connectivity index (χ0v) is 17.7. The van der Waals surface area contributed by atoms with Gasteiger partial charge in [-0.15, -0.1) is 0 Å². The summed E-state index contributed by atoms with van der Waals surface area (Å²) in [5.41, 5.74) is -0.411. The normalized spacial score (nSPS) is 24.6. The zero-order valence-electron chi connectivity index (χ0n) is 16.7. The Kier molecular flexibility index (Phi) is 5.09. The number of amides is 1. The molecule has 0 radical (unpaired) electrons. The first kappa shape index (κ1) is 19.9. The van der Waals surface area contributed by atoms with Crippen LogP contribution in [0.15, 0.2) is 6.20 Å². The van der Waals surface area contributed by atoms with Crippen LogP contribution in [0.3, 0.4) is 0 Å². The van der Waals surface area contributed by atoms with Gasteiger partial charge in [-0.2, -0.15) is 15.4 Å². The van der Waals surface area contributed by atoms with E-state index < -0.39 is 25.6 Å². The fourth-order valence-corrected chi connectivity index (χ4v) is 4.05. The van der Waals surface area contributed by atoms with Crippen molar-refractivity contribution in [3.63, 3.8) is 0 Å². The van der Waals surface area contributed by atoms with Crippen molar-refractivity contribution < 1.29 is 14.0 Å². The number of carbonyl (C=O) groups excluding carboxylic acids is 1. The SMILES string of the molecule is CC(C)(C)OC(=O)NC1(c2cn[nH]n2)CC(O[Si](C)(C)C(C)(C)C)C1. The number of H-pyrrole nitrogens is 1. The molecule has 2 rings (SSSR count). The van der Waals surface area contributed by atoms with E-state index in [1.807, 2.05) is 20.8 Å². The van der Waals surface area contributed by atoms with Gasteiger partial charge in [0.15, 0.2) is 8.32 Å². The zero-order chi connectivity index (χ0) is 19.1. The molecule has 0 saturated heterocycles. The Balaban J connectivity index is 2.08. The maximum Gasteiger partial charge on any atom is 0.408 e. The number of nitrogens with zero attached hydrogens (tertiary/aromatic N) is 2. The lowest BCUT2D eigenvalue weighted by Crippen LogP contribution is -2.60. The van der Waals surface area contributed by atoms with Crippen LogP contribution in [0.4, 0.5) is 4.79 Å². The smallest absolute Gasteiger partial charge is 0.408 e. The molecule has 1 aliphatic rings. The van der Waals surface area contributed by atoms with Gasteiger partial charge in [0.25, 0.3) is 0 Å². The summed E-state index contributed by atoms with van der Waals surface area (Å²) in [5.74, 6) is 0. The summed E-state index contributed by atoms with van der Waals surface area (Å²) in [6, 6.07) is 0. The van der Waals surface area contributed by atoms with Crippen LogP contribution in [-0.2, 0) is 14.7 Å². The van der Waals surface area contributed by atoms with Crippen LogP contribution < -0.4 is 5.32 Å². The number of hydrogen-bond donors (Lipinski definition) is 2. The van der Waals surface area contributed by atoms with E-state index in [1.54, 1.807) is 6.20 Å². The first-order valence-corrected chi connectivity index (χ1v) is 11.7. The van der Waals surface area contributed by atoms with Crippen LogP contribution in [0.25, 0.3) is 0 Å². The van der Waals surface area contributed by atoms with Crippen LogP contribution in [-0.4, -0.2) is 41.5 Å². The highest BCUT2D eigenvalue weighted by atomic mass is 28.4. The largest absolute Gasteiger partial charge is 0.444 e. The summed E-state index contributed by atoms with van der Waals surface area (Å²) >= 11 is 0. The molecule has 0 bridgehead atoms. The molecule has 0 spiro atoms. The van der Waals surface area contributed by atoms with Crippen molar-refractivity contribution >= 4 is 14.4 Å². The van der Waals surface area contributed by atoms with E-state index in [4.69, 9.17) is 9.16 Å². The molecule has 1 amide bonds. The molecule has 1 aromatic rings. The number of hydrogen-bond acceptors (Lipinski definition) is 5. The Labute approximate surface area is 151 Å². The maximum absolute atomic E-state index is 12.3. The molecule has 7 nitrogen and oxygen atoms in total. The quantitative estimate of drug-likeness (QED) is 0.791. The van der Waals surface area contributed by atoms with E-state index in [2.05, 4.69) is 54.6 Å². The van der Waals surface area contributed by atoms with E-state index in [0.29, 0.717) is 18.5 Å². The van der Waals surface area contributed by atoms with Crippen molar-refractivity contribution in [3.8, 4) is 0 Å². The van der Waals surface area contributed by atoms with Gasteiger partial charge in [-0.25, -0.2) is 4.79 Å². The van der Waals surface area contributed by atoms with Crippen LogP contribution in [0.5, 0.6) is 0 Å². The van der Waals surface area contributed by atoms with Gasteiger partial charge in [0.2, 0.25) is 0 Å². The van der Waals surface area contributed by atoms with Gasteiger partial charge in [0.1, 0.15) is 11.3 Å². The van der Waals surface area contributed by atoms with Crippen molar-refractivity contribution in [2.75, 3.05) is 0 Å². The third-order valence-electron chi connectivity index (χ3n) is 5.07. The van der Waals surface area contributed by atoms with Crippen molar-refractivity contribution in [1.29, 1.82) is 0 Å². The predicted octanol–water partition coefficient (Wildman–Crippen LogP) is 3.71. The van der Waals surface area contributed by atoms with Crippen LogP contribution in [0, 0.1) is 0 Å². The molecule has 0 unspecified atom stereocenters. The second kappa shape index (κ2) is 6.39. The minimum absolute atomic E-state index is 0.104. The van der Waals surface area contributed by atoms with Crippen molar-refractivity contribution in [3.05, 3.63) is 11.9 Å². The molecule has 0 atom stereocenters. The van der Waals surface area contributed by atoms with Crippen LogP contribution in [0.2, 0.25) is 18.1 Å². The van der Waals surface area contributed by atoms with Gasteiger partial charge in [0.05, 0.1) is 17.8 Å². The van der Waals surface area contributed by atoms with Gasteiger partial charge in [-0.3, -0.25) is 0 Å². The molecule has 1 aliphatic carbocycles. The van der Waals surface area contributed by atoms with Gasteiger partial charge in [-0.1, -0.05) is 20.8 Å². The second-order valence-electron chi connectivity index (χ2n) is 9.47. The summed E-state index contributed by atoms with van der Waals surface area (Å²) in [6.45, 7) is 16.7. The minimum Gasteiger partial charge on any atom is -0.444 e. The molecule has 25 heavy (non-hydrogen) atoms. The average Bonchev–Trinajstić information content (AvgIpc) is 2.85. The molecule has 0 aromatic carbocycles. The molecule has 2 N–H and O–H groups in total. The third kappa shape index (κ3) is 4.61. The summed E-state index contributed by atoms with van der Waals surface area (Å²) < 4.78 is 11.9. The molecule has 1 saturated carbocycles. The topological polar surface area (TPSA) is 89.1 Å². The minimum atomic E-state index is -1.85. The van der Waals surface area contributed by atoms with Gasteiger partial charge in [-0.05, 0) is 38.9 Å². The lowest BCUT2D eigenvalue weighted by atomic mass is 9.72. The fraction of sp³-hybridized carbons (Fsp3) is 0.824. The lowest BCUT2D eigenvalue weighted by Gasteiger charge is -2.50. The molecule has 0 aliphatic heterocycles. The van der Waals surface area contributed by atoms with E-state index in [-0.39, 0.29) is 11.1 Å². The Morgan fingerprint density at radius 3 is 2.32 bits per heavy atom. The number of aromatic nitrogens is 3. The number of carbonyl (C=O) groups is 1. The monoisotopic (exact) mass is 368 g/mol. The number of ether oxygens (including phenoxy) is 1. The van der Waals surface area contributed by atoms with E-state index in [0.717, 1.165) is 0 Å². The summed E-state index contributed by atoms with van der Waals surface area (Å²) in [7, 11) is -1.85. The highest BCUT2D eigenvalue weighted by Gasteiger charge is 2.52. The highest BCUT2D eigenvalue weighted by molar-refractivity contribution is 6.74. The van der Waals surface area contributed by atoms with Crippen LogP contribution >= 0.6 is 0 Å². The number of rotatable bonds is 4. The molecule has 1 heterocycles. The standard InChI is InChI=1S/C17H32N4O3Si/c1-15(2,3)23-14(22)19-17(13-11-18-21-20-13)9-12(10-17)24-25(7,8)16(4,5)6/h11-12H,9-10H2,1-8H3,(H,19,22)(H,18,20,21). The number of nitrogens with one attached hydrogen (secondary N) is 2. The average molecular weight is 369 g/mol. The Morgan fingerprint density at radius 1 is 1.28 bits per heavy atom. The molecular formula is C17H32N4O3Si. The molecule has 1 aromatic heterocycles. The van der Waals surface area contributed by atoms with Crippen molar-refractivity contribution in [2.45, 2.75) is 89.8 Å². The molecule has 8 heteroatoms. The second-order valence-corrected chi connectivity index (χ2v) is 14.2. The summed E-state index contributed by atoms with van der Waals surface area (Å²) in [6.07, 6.45) is 2.66. The van der Waals surface area contributed by atoms with E-state index in [1.165, 1.54) is 0 Å². The molecule has 1 fully saturated rings. The van der Waals surface area contributed by atoms with E-state index >= 15 is 0 Å². The Bertz CT molecular complexity index is 596. The first-order valence-electron chi connectivity index (χ1n) is 8.79. The third-order valence-corrected chi connectivity index (χ3v) is 9.60. The molecular weight excluding hydrogens is 336 g/mol. The Morgan fingerprint density at radius 2 is 1.88 bits per heavy atom. The lowest BCUT2D eigenvalue weighted by molar-refractivity contribution is -0.00800. The van der Waals surface area contributed by atoms with Crippen LogP contribution in [0.1, 0.15) is 60.1 Å². The molecule has 142 valence electrons. The predicted molar refractivity (Wildman–Crippen MR) is 98.7 cm³/mol. The van der Waals surface area contributed by atoms with Gasteiger partial charge in [0, 0.05) is 12.8 Å². The first-order chi connectivity index (χ1) is 11.2. The number of alkyl carbamates (subject to hydrolysis) is 1. The van der Waals surface area contributed by atoms with Gasteiger partial charge >= 0.3 is 6.09 Å². The Hall–Kier alpha value is -1.41. The van der Waals surface area contributed by atoms with Crippen molar-refractivity contribution in [1.82, 2.24) is 20.7 Å². The highest BCUT2D eigenvalue weighted by Crippen LogP contribution is 2.46. The van der Waals surface area contributed by atoms with E-state index in [9.17, 15) is 4.79 Å². The fourth-order valence-electron chi connectivity index (χ4n) is 2.70. The van der Waals surface area contributed by atoms with Crippen molar-refractivity contribution in [2.24, 2.45) is 0 Å². The summed E-state index contributed by atoms with van der Waals surface area (Å²) in [5, 5.41) is 13.9. The number of aromatic amines is 1. The maximum atomic E-state index is 12.3.